The molecule has 0 aliphatic heterocycles. The summed E-state index contributed by atoms with van der Waals surface area (Å²) in [5.41, 5.74) is 0.181. The van der Waals surface area contributed by atoms with Gasteiger partial charge in [-0.25, -0.2) is 8.42 Å². The van der Waals surface area contributed by atoms with Gasteiger partial charge in [0.25, 0.3) is 0 Å². The third-order valence-corrected chi connectivity index (χ3v) is 5.35. The first-order chi connectivity index (χ1) is 12.5. The van der Waals surface area contributed by atoms with E-state index in [4.69, 9.17) is 4.74 Å². The molecule has 7 heteroatoms. The van der Waals surface area contributed by atoms with Crippen molar-refractivity contribution in [1.82, 2.24) is 0 Å². The van der Waals surface area contributed by atoms with Gasteiger partial charge in [-0.3, -0.25) is 10.1 Å². The Morgan fingerprint density at radius 3 is 2.12 bits per heavy atom. The second-order valence-electron chi connectivity index (χ2n) is 5.55. The predicted octanol–water partition coefficient (Wildman–Crippen LogP) is 4.36. The first kappa shape index (κ1) is 17.6. The van der Waals surface area contributed by atoms with Crippen molar-refractivity contribution in [3.05, 3.63) is 94.5 Å². The number of nitrogens with zero attached hydrogens (tertiary/aromatic N) is 1. The fraction of sp³-hybridized carbons (Fsp3) is 0.0526. The van der Waals surface area contributed by atoms with E-state index in [9.17, 15) is 18.5 Å². The lowest BCUT2D eigenvalue weighted by molar-refractivity contribution is -0.385. The van der Waals surface area contributed by atoms with Crippen LogP contribution < -0.4 is 4.74 Å². The molecule has 0 saturated heterocycles. The highest BCUT2D eigenvalue weighted by Gasteiger charge is 2.20. The van der Waals surface area contributed by atoms with Gasteiger partial charge in [0, 0.05) is 6.07 Å². The minimum Gasteiger partial charge on any atom is -0.450 e. The highest BCUT2D eigenvalue weighted by atomic mass is 32.2. The Morgan fingerprint density at radius 2 is 1.50 bits per heavy atom. The maximum atomic E-state index is 12.5. The van der Waals surface area contributed by atoms with E-state index in [1.54, 1.807) is 48.5 Å². The van der Waals surface area contributed by atoms with Gasteiger partial charge < -0.3 is 4.74 Å². The second kappa shape index (κ2) is 7.37. The van der Waals surface area contributed by atoms with Gasteiger partial charge in [0.1, 0.15) is 5.75 Å². The number of benzene rings is 3. The minimum absolute atomic E-state index is 0.00182. The van der Waals surface area contributed by atoms with Gasteiger partial charge >= 0.3 is 5.69 Å². The van der Waals surface area contributed by atoms with Crippen LogP contribution in [-0.2, 0) is 15.6 Å². The van der Waals surface area contributed by atoms with Crippen LogP contribution >= 0.6 is 0 Å². The van der Waals surface area contributed by atoms with E-state index in [1.165, 1.54) is 30.3 Å². The van der Waals surface area contributed by atoms with Gasteiger partial charge in [-0.15, -0.1) is 0 Å². The van der Waals surface area contributed by atoms with Crippen molar-refractivity contribution in [2.75, 3.05) is 0 Å². The summed E-state index contributed by atoms with van der Waals surface area (Å²) in [5, 5.41) is 11.2. The first-order valence-electron chi connectivity index (χ1n) is 7.74. The molecule has 0 bridgehead atoms. The summed E-state index contributed by atoms with van der Waals surface area (Å²) < 4.78 is 30.6. The van der Waals surface area contributed by atoms with Crippen molar-refractivity contribution in [1.29, 1.82) is 0 Å². The number of nitro benzene ring substituents is 1. The molecule has 0 heterocycles. The number of para-hydroxylation sites is 1. The SMILES string of the molecule is O=[N+]([O-])c1ccc(CS(=O)(=O)c2ccccc2)cc1Oc1ccccc1. The van der Waals surface area contributed by atoms with E-state index in [2.05, 4.69) is 0 Å². The van der Waals surface area contributed by atoms with E-state index in [0.29, 0.717) is 11.3 Å². The van der Waals surface area contributed by atoms with Crippen LogP contribution in [0.4, 0.5) is 5.69 Å². The topological polar surface area (TPSA) is 86.5 Å². The summed E-state index contributed by atoms with van der Waals surface area (Å²) in [7, 11) is -3.56. The van der Waals surface area contributed by atoms with Crippen molar-refractivity contribution < 1.29 is 18.1 Å². The number of nitro groups is 1. The van der Waals surface area contributed by atoms with Gasteiger partial charge in [-0.05, 0) is 35.9 Å². The fourth-order valence-electron chi connectivity index (χ4n) is 2.43. The average Bonchev–Trinajstić information content (AvgIpc) is 2.63. The normalized spacial score (nSPS) is 11.1. The smallest absolute Gasteiger partial charge is 0.311 e. The summed E-state index contributed by atoms with van der Waals surface area (Å²) >= 11 is 0. The van der Waals surface area contributed by atoms with E-state index < -0.39 is 14.8 Å². The molecule has 3 aromatic rings. The molecule has 6 nitrogen and oxygen atoms in total. The van der Waals surface area contributed by atoms with E-state index in [1.807, 2.05) is 0 Å². The number of ether oxygens (including phenoxy) is 1. The number of hydrogen-bond donors (Lipinski definition) is 0. The molecular weight excluding hydrogens is 354 g/mol. The van der Waals surface area contributed by atoms with Crippen molar-refractivity contribution in [2.24, 2.45) is 0 Å². The predicted molar refractivity (Wildman–Crippen MR) is 96.9 cm³/mol. The number of rotatable bonds is 6. The molecule has 0 amide bonds. The summed E-state index contributed by atoms with van der Waals surface area (Å²) in [6, 6.07) is 20.7. The minimum atomic E-state index is -3.56. The molecule has 0 fully saturated rings. The molecule has 0 N–H and O–H groups in total. The molecule has 3 rings (SSSR count). The Balaban J connectivity index is 1.94. The number of sulfone groups is 1. The zero-order valence-electron chi connectivity index (χ0n) is 13.6. The Hall–Kier alpha value is -3.19. The van der Waals surface area contributed by atoms with Crippen molar-refractivity contribution in [3.8, 4) is 11.5 Å². The Morgan fingerprint density at radius 1 is 0.885 bits per heavy atom. The Kier molecular flexibility index (Phi) is 4.99. The molecule has 0 spiro atoms. The lowest BCUT2D eigenvalue weighted by atomic mass is 10.2. The summed E-state index contributed by atoms with van der Waals surface area (Å²) in [4.78, 5) is 10.9. The molecule has 3 aromatic carbocycles. The van der Waals surface area contributed by atoms with Gasteiger partial charge in [0.05, 0.1) is 15.6 Å². The van der Waals surface area contributed by atoms with E-state index >= 15 is 0 Å². The molecule has 0 saturated carbocycles. The maximum absolute atomic E-state index is 12.5. The number of hydrogen-bond acceptors (Lipinski definition) is 5. The Bertz CT molecular complexity index is 1020. The lowest BCUT2D eigenvalue weighted by Gasteiger charge is -2.09. The van der Waals surface area contributed by atoms with Crippen LogP contribution in [0, 0.1) is 10.1 Å². The van der Waals surface area contributed by atoms with Crippen LogP contribution in [0.1, 0.15) is 5.56 Å². The monoisotopic (exact) mass is 369 g/mol. The van der Waals surface area contributed by atoms with Crippen LogP contribution in [0.3, 0.4) is 0 Å². The van der Waals surface area contributed by atoms with Crippen LogP contribution in [0.15, 0.2) is 83.8 Å². The zero-order valence-corrected chi connectivity index (χ0v) is 14.4. The molecule has 132 valence electrons. The first-order valence-corrected chi connectivity index (χ1v) is 9.39. The quantitative estimate of drug-likeness (QED) is 0.476. The third kappa shape index (κ3) is 4.07. The van der Waals surface area contributed by atoms with Crippen LogP contribution in [-0.4, -0.2) is 13.3 Å². The summed E-state index contributed by atoms with van der Waals surface area (Å²) in [6.45, 7) is 0. The highest BCUT2D eigenvalue weighted by Crippen LogP contribution is 2.33. The van der Waals surface area contributed by atoms with Crippen molar-refractivity contribution in [3.63, 3.8) is 0 Å². The van der Waals surface area contributed by atoms with Crippen molar-refractivity contribution >= 4 is 15.5 Å². The highest BCUT2D eigenvalue weighted by molar-refractivity contribution is 7.90. The maximum Gasteiger partial charge on any atom is 0.311 e. The molecule has 0 aliphatic carbocycles. The summed E-state index contributed by atoms with van der Waals surface area (Å²) in [6.07, 6.45) is 0. The van der Waals surface area contributed by atoms with Gasteiger partial charge in [-0.1, -0.05) is 42.5 Å². The van der Waals surface area contributed by atoms with Gasteiger partial charge in [-0.2, -0.15) is 0 Å². The average molecular weight is 369 g/mol. The van der Waals surface area contributed by atoms with E-state index in [0.717, 1.165) is 0 Å². The molecule has 0 radical (unpaired) electrons. The molecule has 0 unspecified atom stereocenters. The fourth-order valence-corrected chi connectivity index (χ4v) is 3.78. The van der Waals surface area contributed by atoms with Crippen LogP contribution in [0.5, 0.6) is 11.5 Å². The standard InChI is InChI=1S/C19H15NO5S/c21-20(22)18-12-11-15(13-19(18)25-16-7-3-1-4-8-16)14-26(23,24)17-9-5-2-6-10-17/h1-13H,14H2. The Labute approximate surface area is 150 Å². The van der Waals surface area contributed by atoms with Crippen LogP contribution in [0.2, 0.25) is 0 Å². The lowest BCUT2D eigenvalue weighted by Crippen LogP contribution is -2.05. The molecule has 0 aliphatic rings. The van der Waals surface area contributed by atoms with Crippen molar-refractivity contribution in [2.45, 2.75) is 10.6 Å². The third-order valence-electron chi connectivity index (χ3n) is 3.65. The van der Waals surface area contributed by atoms with E-state index in [-0.39, 0.29) is 22.1 Å². The molecular formula is C19H15NO5S. The second-order valence-corrected chi connectivity index (χ2v) is 7.54. The van der Waals surface area contributed by atoms with Gasteiger partial charge in [0.2, 0.25) is 5.75 Å². The molecule has 26 heavy (non-hydrogen) atoms. The zero-order chi connectivity index (χ0) is 18.6. The summed E-state index contributed by atoms with van der Waals surface area (Å²) in [5.74, 6) is 0.154. The van der Waals surface area contributed by atoms with Crippen LogP contribution in [0.25, 0.3) is 0 Å². The van der Waals surface area contributed by atoms with Gasteiger partial charge in [0.15, 0.2) is 9.84 Å². The largest absolute Gasteiger partial charge is 0.450 e. The molecule has 0 atom stereocenters. The molecule has 0 aromatic heterocycles.